The number of nitrogens with one attached hydrogen (secondary N) is 2. The topological polar surface area (TPSA) is 76.1 Å². The number of carbonyl (C=O) groups excluding carboxylic acids is 1. The van der Waals surface area contributed by atoms with Crippen LogP contribution in [-0.4, -0.2) is 42.7 Å². The summed E-state index contributed by atoms with van der Waals surface area (Å²) in [6.07, 6.45) is 3.23. The molecular formula is C17H22N4O2. The summed E-state index contributed by atoms with van der Waals surface area (Å²) in [6, 6.07) is 11.6. The zero-order chi connectivity index (χ0) is 16.3. The average molecular weight is 314 g/mol. The van der Waals surface area contributed by atoms with Crippen molar-refractivity contribution in [3.63, 3.8) is 0 Å². The minimum absolute atomic E-state index is 0.191. The third kappa shape index (κ3) is 6.04. The number of methoxy groups -OCH3 is 1. The molecular weight excluding hydrogens is 292 g/mol. The van der Waals surface area contributed by atoms with E-state index in [2.05, 4.69) is 20.6 Å². The number of hydrogen-bond donors (Lipinski definition) is 2. The van der Waals surface area contributed by atoms with Crippen LogP contribution in [0.5, 0.6) is 0 Å². The number of aromatic nitrogens is 2. The molecule has 1 aromatic heterocycles. The summed E-state index contributed by atoms with van der Waals surface area (Å²) in [5.74, 6) is 0.264. The lowest BCUT2D eigenvalue weighted by molar-refractivity contribution is 0.0949. The molecule has 1 amide bonds. The van der Waals surface area contributed by atoms with Gasteiger partial charge in [0.05, 0.1) is 0 Å². The van der Waals surface area contributed by atoms with Crippen molar-refractivity contribution in [1.29, 1.82) is 0 Å². The fourth-order valence-corrected chi connectivity index (χ4v) is 2.04. The largest absolute Gasteiger partial charge is 0.385 e. The fourth-order valence-electron chi connectivity index (χ4n) is 2.04. The molecule has 0 unspecified atom stereocenters. The predicted octanol–water partition coefficient (Wildman–Crippen LogP) is 1.90. The van der Waals surface area contributed by atoms with E-state index in [1.807, 2.05) is 30.3 Å². The Balaban J connectivity index is 1.79. The van der Waals surface area contributed by atoms with Crippen LogP contribution in [0.2, 0.25) is 0 Å². The van der Waals surface area contributed by atoms with Crippen molar-refractivity contribution in [2.75, 3.05) is 32.1 Å². The van der Waals surface area contributed by atoms with E-state index in [0.717, 1.165) is 12.8 Å². The molecule has 0 radical (unpaired) electrons. The number of ether oxygens (including phenoxy) is 1. The average Bonchev–Trinajstić information content (AvgIpc) is 2.60. The second-order valence-electron chi connectivity index (χ2n) is 5.03. The molecule has 0 bridgehead atoms. The van der Waals surface area contributed by atoms with E-state index in [0.29, 0.717) is 31.3 Å². The zero-order valence-corrected chi connectivity index (χ0v) is 13.3. The first-order chi connectivity index (χ1) is 11.3. The number of nitrogens with zero attached hydrogens (tertiary/aromatic N) is 2. The highest BCUT2D eigenvalue weighted by atomic mass is 16.5. The van der Waals surface area contributed by atoms with E-state index in [-0.39, 0.29) is 5.91 Å². The minimum atomic E-state index is -0.191. The number of carbonyl (C=O) groups is 1. The molecule has 1 aromatic carbocycles. The van der Waals surface area contributed by atoms with Gasteiger partial charge in [0.25, 0.3) is 5.91 Å². The summed E-state index contributed by atoms with van der Waals surface area (Å²) >= 11 is 0. The fraction of sp³-hybridized carbons (Fsp3) is 0.353. The maximum Gasteiger partial charge on any atom is 0.270 e. The molecule has 2 rings (SSSR count). The van der Waals surface area contributed by atoms with Gasteiger partial charge < -0.3 is 15.4 Å². The van der Waals surface area contributed by atoms with Crippen LogP contribution in [0, 0.1) is 0 Å². The Morgan fingerprint density at radius 2 is 2.00 bits per heavy atom. The van der Waals surface area contributed by atoms with E-state index in [1.165, 1.54) is 5.56 Å². The Morgan fingerprint density at radius 1 is 1.17 bits per heavy atom. The predicted molar refractivity (Wildman–Crippen MR) is 89.5 cm³/mol. The van der Waals surface area contributed by atoms with Gasteiger partial charge >= 0.3 is 0 Å². The number of rotatable bonds is 9. The zero-order valence-electron chi connectivity index (χ0n) is 13.3. The van der Waals surface area contributed by atoms with Crippen LogP contribution in [0.1, 0.15) is 22.5 Å². The quantitative estimate of drug-likeness (QED) is 0.691. The molecule has 0 saturated heterocycles. The lowest BCUT2D eigenvalue weighted by Crippen LogP contribution is -2.27. The van der Waals surface area contributed by atoms with Crippen molar-refractivity contribution in [2.45, 2.75) is 12.8 Å². The lowest BCUT2D eigenvalue weighted by Gasteiger charge is -2.07. The van der Waals surface area contributed by atoms with Crippen LogP contribution < -0.4 is 10.6 Å². The molecule has 0 spiro atoms. The summed E-state index contributed by atoms with van der Waals surface area (Å²) in [4.78, 5) is 20.4. The highest BCUT2D eigenvalue weighted by Gasteiger charge is 2.08. The highest BCUT2D eigenvalue weighted by Crippen LogP contribution is 2.02. The molecule has 0 fully saturated rings. The van der Waals surface area contributed by atoms with E-state index in [9.17, 15) is 4.79 Å². The van der Waals surface area contributed by atoms with Crippen molar-refractivity contribution in [1.82, 2.24) is 15.3 Å². The van der Waals surface area contributed by atoms with Gasteiger partial charge in [0, 0.05) is 33.0 Å². The van der Waals surface area contributed by atoms with E-state index >= 15 is 0 Å². The van der Waals surface area contributed by atoms with Crippen molar-refractivity contribution < 1.29 is 9.53 Å². The number of benzene rings is 1. The molecule has 2 aromatic rings. The molecule has 23 heavy (non-hydrogen) atoms. The SMILES string of the molecule is COCCCNc1nccc(C(=O)NCCc2ccccc2)n1. The maximum absolute atomic E-state index is 12.1. The second-order valence-corrected chi connectivity index (χ2v) is 5.03. The summed E-state index contributed by atoms with van der Waals surface area (Å²) in [6.45, 7) is 1.95. The van der Waals surface area contributed by atoms with Gasteiger partial charge in [-0.2, -0.15) is 0 Å². The van der Waals surface area contributed by atoms with Crippen molar-refractivity contribution >= 4 is 11.9 Å². The highest BCUT2D eigenvalue weighted by molar-refractivity contribution is 5.92. The molecule has 0 aliphatic heterocycles. The van der Waals surface area contributed by atoms with E-state index in [1.54, 1.807) is 19.4 Å². The first-order valence-corrected chi connectivity index (χ1v) is 7.67. The number of anilines is 1. The van der Waals surface area contributed by atoms with Gasteiger partial charge in [0.15, 0.2) is 0 Å². The summed E-state index contributed by atoms with van der Waals surface area (Å²) in [5, 5.41) is 5.95. The Bertz CT molecular complexity index is 605. The maximum atomic E-state index is 12.1. The van der Waals surface area contributed by atoms with Crippen LogP contribution in [0.15, 0.2) is 42.6 Å². The first kappa shape index (κ1) is 16.9. The summed E-state index contributed by atoms with van der Waals surface area (Å²) in [5.41, 5.74) is 1.55. The Labute approximate surface area is 136 Å². The molecule has 0 aliphatic carbocycles. The van der Waals surface area contributed by atoms with Crippen LogP contribution in [0.4, 0.5) is 5.95 Å². The molecule has 122 valence electrons. The van der Waals surface area contributed by atoms with Crippen molar-refractivity contribution in [3.05, 3.63) is 53.9 Å². The molecule has 1 heterocycles. The number of hydrogen-bond acceptors (Lipinski definition) is 5. The van der Waals surface area contributed by atoms with Crippen molar-refractivity contribution in [2.24, 2.45) is 0 Å². The summed E-state index contributed by atoms with van der Waals surface area (Å²) in [7, 11) is 1.66. The van der Waals surface area contributed by atoms with Crippen molar-refractivity contribution in [3.8, 4) is 0 Å². The van der Waals surface area contributed by atoms with Crippen LogP contribution in [0.25, 0.3) is 0 Å². The second kappa shape index (κ2) is 9.53. The third-order valence-corrected chi connectivity index (χ3v) is 3.24. The number of amides is 1. The van der Waals surface area contributed by atoms with Gasteiger partial charge in [-0.05, 0) is 24.5 Å². The minimum Gasteiger partial charge on any atom is -0.385 e. The Hall–Kier alpha value is -2.47. The standard InChI is InChI=1S/C17H22N4O2/c1-23-13-5-10-19-17-20-12-9-15(21-17)16(22)18-11-8-14-6-3-2-4-7-14/h2-4,6-7,9,12H,5,8,10-11,13H2,1H3,(H,18,22)(H,19,20,21). The van der Waals surface area contributed by atoms with Gasteiger partial charge in [-0.15, -0.1) is 0 Å². The monoisotopic (exact) mass is 314 g/mol. The van der Waals surface area contributed by atoms with Gasteiger partial charge in [-0.25, -0.2) is 9.97 Å². The molecule has 6 nitrogen and oxygen atoms in total. The smallest absolute Gasteiger partial charge is 0.270 e. The Morgan fingerprint density at radius 3 is 2.78 bits per heavy atom. The van der Waals surface area contributed by atoms with Crippen LogP contribution >= 0.6 is 0 Å². The molecule has 6 heteroatoms. The van der Waals surface area contributed by atoms with Gasteiger partial charge in [-0.3, -0.25) is 4.79 Å². The van der Waals surface area contributed by atoms with Crippen LogP contribution in [0.3, 0.4) is 0 Å². The van der Waals surface area contributed by atoms with E-state index < -0.39 is 0 Å². The summed E-state index contributed by atoms with van der Waals surface area (Å²) < 4.78 is 4.98. The van der Waals surface area contributed by atoms with Gasteiger partial charge in [0.2, 0.25) is 5.95 Å². The van der Waals surface area contributed by atoms with E-state index in [4.69, 9.17) is 4.74 Å². The third-order valence-electron chi connectivity index (χ3n) is 3.24. The molecule has 0 saturated carbocycles. The normalized spacial score (nSPS) is 10.3. The van der Waals surface area contributed by atoms with Gasteiger partial charge in [0.1, 0.15) is 5.69 Å². The molecule has 2 N–H and O–H groups in total. The Kier molecular flexibility index (Phi) is 7.00. The first-order valence-electron chi connectivity index (χ1n) is 7.67. The van der Waals surface area contributed by atoms with Crippen LogP contribution in [-0.2, 0) is 11.2 Å². The lowest BCUT2D eigenvalue weighted by atomic mass is 10.1. The molecule has 0 atom stereocenters. The molecule has 0 aliphatic rings. The van der Waals surface area contributed by atoms with Gasteiger partial charge in [-0.1, -0.05) is 30.3 Å².